The Kier molecular flexibility index (Phi) is 3.28. The molecule has 90 valence electrons. The zero-order valence-corrected chi connectivity index (χ0v) is 9.82. The van der Waals surface area contributed by atoms with Gasteiger partial charge in [0.05, 0.1) is 5.69 Å². The number of alkyl halides is 1. The molecule has 1 aromatic rings. The number of rotatable bonds is 3. The van der Waals surface area contributed by atoms with Crippen LogP contribution in [0.2, 0.25) is 0 Å². The fourth-order valence-electron chi connectivity index (χ4n) is 2.46. The van der Waals surface area contributed by atoms with E-state index in [1.165, 1.54) is 0 Å². The monoisotopic (exact) mass is 225 g/mol. The van der Waals surface area contributed by atoms with Gasteiger partial charge in [0.25, 0.3) is 0 Å². The van der Waals surface area contributed by atoms with E-state index in [-0.39, 0.29) is 6.04 Å². The second-order valence-electron chi connectivity index (χ2n) is 4.74. The second kappa shape index (κ2) is 4.53. The number of nitrogens with two attached hydrogens (primary N) is 1. The minimum absolute atomic E-state index is 0.173. The van der Waals surface area contributed by atoms with Crippen LogP contribution in [0, 0.1) is 0 Å². The summed E-state index contributed by atoms with van der Waals surface area (Å²) in [6, 6.07) is 1.98. The first kappa shape index (κ1) is 11.6. The molecule has 1 saturated carbocycles. The van der Waals surface area contributed by atoms with Crippen molar-refractivity contribution < 1.29 is 4.39 Å². The zero-order valence-electron chi connectivity index (χ0n) is 9.82. The van der Waals surface area contributed by atoms with E-state index in [0.717, 1.165) is 31.5 Å². The van der Waals surface area contributed by atoms with Gasteiger partial charge in [-0.1, -0.05) is 6.92 Å². The van der Waals surface area contributed by atoms with Crippen LogP contribution in [-0.4, -0.2) is 15.8 Å². The molecule has 2 N–H and O–H groups in total. The van der Waals surface area contributed by atoms with E-state index in [2.05, 4.69) is 12.0 Å². The summed E-state index contributed by atoms with van der Waals surface area (Å²) in [4.78, 5) is 0. The van der Waals surface area contributed by atoms with Gasteiger partial charge in [-0.15, -0.1) is 0 Å². The molecule has 4 heteroatoms. The number of halogens is 1. The molecular formula is C12H20FN3. The molecular weight excluding hydrogens is 205 g/mol. The maximum absolute atomic E-state index is 14.8. The summed E-state index contributed by atoms with van der Waals surface area (Å²) < 4.78 is 16.6. The van der Waals surface area contributed by atoms with Crippen LogP contribution >= 0.6 is 0 Å². The molecule has 0 spiro atoms. The molecule has 0 aliphatic heterocycles. The SMILES string of the molecule is CCCn1nccc1C1(F)CCC(N)CC1. The topological polar surface area (TPSA) is 43.8 Å². The number of nitrogens with zero attached hydrogens (tertiary/aromatic N) is 2. The lowest BCUT2D eigenvalue weighted by atomic mass is 9.82. The van der Waals surface area contributed by atoms with E-state index in [0.29, 0.717) is 12.8 Å². The molecule has 1 aliphatic carbocycles. The quantitative estimate of drug-likeness (QED) is 0.858. The zero-order chi connectivity index (χ0) is 11.6. The molecule has 0 unspecified atom stereocenters. The van der Waals surface area contributed by atoms with Crippen LogP contribution in [0.15, 0.2) is 12.3 Å². The lowest BCUT2D eigenvalue weighted by molar-refractivity contribution is 0.0868. The van der Waals surface area contributed by atoms with Crippen molar-refractivity contribution in [1.82, 2.24) is 9.78 Å². The average Bonchev–Trinajstić information content (AvgIpc) is 2.72. The number of hydrogen-bond acceptors (Lipinski definition) is 2. The maximum Gasteiger partial charge on any atom is 0.152 e. The Morgan fingerprint density at radius 1 is 1.56 bits per heavy atom. The minimum Gasteiger partial charge on any atom is -0.328 e. The average molecular weight is 225 g/mol. The minimum atomic E-state index is -1.21. The summed E-state index contributed by atoms with van der Waals surface area (Å²) in [6.07, 6.45) is 5.28. The molecule has 1 aliphatic rings. The van der Waals surface area contributed by atoms with Gasteiger partial charge in [-0.25, -0.2) is 4.39 Å². The first-order valence-corrected chi connectivity index (χ1v) is 6.12. The van der Waals surface area contributed by atoms with Crippen molar-refractivity contribution in [3.63, 3.8) is 0 Å². The standard InChI is InChI=1S/C12H20FN3/c1-2-9-16-11(5-8-15-16)12(13)6-3-10(14)4-7-12/h5,8,10H,2-4,6-7,9,14H2,1H3. The van der Waals surface area contributed by atoms with Crippen molar-refractivity contribution in [2.45, 2.75) is 57.3 Å². The number of aromatic nitrogens is 2. The molecule has 16 heavy (non-hydrogen) atoms. The highest BCUT2D eigenvalue weighted by atomic mass is 19.1. The van der Waals surface area contributed by atoms with E-state index in [1.54, 1.807) is 10.9 Å². The van der Waals surface area contributed by atoms with Crippen LogP contribution in [0.5, 0.6) is 0 Å². The van der Waals surface area contributed by atoms with Crippen molar-refractivity contribution in [2.75, 3.05) is 0 Å². The Balaban J connectivity index is 2.18. The lowest BCUT2D eigenvalue weighted by Crippen LogP contribution is -2.35. The van der Waals surface area contributed by atoms with E-state index in [1.807, 2.05) is 6.07 Å². The van der Waals surface area contributed by atoms with Gasteiger partial charge in [0.1, 0.15) is 0 Å². The van der Waals surface area contributed by atoms with Gasteiger partial charge in [-0.2, -0.15) is 5.10 Å². The van der Waals surface area contributed by atoms with Gasteiger partial charge in [-0.3, -0.25) is 4.68 Å². The Morgan fingerprint density at radius 2 is 2.25 bits per heavy atom. The van der Waals surface area contributed by atoms with E-state index < -0.39 is 5.67 Å². The maximum atomic E-state index is 14.8. The summed E-state index contributed by atoms with van der Waals surface area (Å²) in [5.41, 5.74) is 5.35. The van der Waals surface area contributed by atoms with Gasteiger partial charge < -0.3 is 5.73 Å². The normalized spacial score (nSPS) is 30.6. The first-order valence-electron chi connectivity index (χ1n) is 6.12. The Labute approximate surface area is 95.8 Å². The predicted octanol–water partition coefficient (Wildman–Crippen LogP) is 2.36. The Bertz CT molecular complexity index is 340. The van der Waals surface area contributed by atoms with Crippen LogP contribution in [-0.2, 0) is 12.2 Å². The van der Waals surface area contributed by atoms with Crippen molar-refractivity contribution in [2.24, 2.45) is 5.73 Å². The fraction of sp³-hybridized carbons (Fsp3) is 0.750. The van der Waals surface area contributed by atoms with Crippen molar-refractivity contribution in [3.8, 4) is 0 Å². The predicted molar refractivity (Wildman–Crippen MR) is 61.7 cm³/mol. The summed E-state index contributed by atoms with van der Waals surface area (Å²) in [6.45, 7) is 2.87. The van der Waals surface area contributed by atoms with Crippen LogP contribution in [0.4, 0.5) is 4.39 Å². The van der Waals surface area contributed by atoms with E-state index >= 15 is 0 Å². The van der Waals surface area contributed by atoms with Crippen LogP contribution in [0.25, 0.3) is 0 Å². The first-order chi connectivity index (χ1) is 7.65. The van der Waals surface area contributed by atoms with Crippen LogP contribution in [0.1, 0.15) is 44.7 Å². The smallest absolute Gasteiger partial charge is 0.152 e. The summed E-state index contributed by atoms with van der Waals surface area (Å²) in [7, 11) is 0. The van der Waals surface area contributed by atoms with Gasteiger partial charge in [0.15, 0.2) is 5.67 Å². The Hall–Kier alpha value is -0.900. The van der Waals surface area contributed by atoms with E-state index in [4.69, 9.17) is 5.73 Å². The molecule has 0 atom stereocenters. The number of hydrogen-bond donors (Lipinski definition) is 1. The van der Waals surface area contributed by atoms with Crippen molar-refractivity contribution >= 4 is 0 Å². The molecule has 1 aromatic heterocycles. The highest BCUT2D eigenvalue weighted by Crippen LogP contribution is 2.40. The van der Waals surface area contributed by atoms with E-state index in [9.17, 15) is 4.39 Å². The third-order valence-corrected chi connectivity index (χ3v) is 3.43. The molecule has 1 fully saturated rings. The van der Waals surface area contributed by atoms with Gasteiger partial charge >= 0.3 is 0 Å². The van der Waals surface area contributed by atoms with Crippen molar-refractivity contribution in [3.05, 3.63) is 18.0 Å². The Morgan fingerprint density at radius 3 is 2.88 bits per heavy atom. The molecule has 1 heterocycles. The largest absolute Gasteiger partial charge is 0.328 e. The van der Waals surface area contributed by atoms with Crippen molar-refractivity contribution in [1.29, 1.82) is 0 Å². The number of aryl methyl sites for hydroxylation is 1. The molecule has 2 rings (SSSR count). The third kappa shape index (κ3) is 2.12. The highest BCUT2D eigenvalue weighted by molar-refractivity contribution is 5.13. The lowest BCUT2D eigenvalue weighted by Gasteiger charge is -2.32. The van der Waals surface area contributed by atoms with Crippen LogP contribution < -0.4 is 5.73 Å². The summed E-state index contributed by atoms with van der Waals surface area (Å²) in [5.74, 6) is 0. The summed E-state index contributed by atoms with van der Waals surface area (Å²) >= 11 is 0. The molecule has 3 nitrogen and oxygen atoms in total. The highest BCUT2D eigenvalue weighted by Gasteiger charge is 2.38. The molecule has 0 aromatic carbocycles. The fourth-order valence-corrected chi connectivity index (χ4v) is 2.46. The van der Waals surface area contributed by atoms with Gasteiger partial charge in [0.2, 0.25) is 0 Å². The second-order valence-corrected chi connectivity index (χ2v) is 4.74. The van der Waals surface area contributed by atoms with Crippen LogP contribution in [0.3, 0.4) is 0 Å². The van der Waals surface area contributed by atoms with Gasteiger partial charge in [0, 0.05) is 18.8 Å². The molecule has 0 amide bonds. The van der Waals surface area contributed by atoms with Gasteiger partial charge in [-0.05, 0) is 38.2 Å². The molecule has 0 saturated heterocycles. The summed E-state index contributed by atoms with van der Waals surface area (Å²) in [5, 5.41) is 4.19. The molecule has 0 bridgehead atoms. The molecule has 0 radical (unpaired) electrons. The third-order valence-electron chi connectivity index (χ3n) is 3.43.